The summed E-state index contributed by atoms with van der Waals surface area (Å²) in [5.41, 5.74) is 4.52. The minimum Gasteiger partial charge on any atom is -0.346 e. The van der Waals surface area contributed by atoms with Crippen molar-refractivity contribution >= 4 is 17.5 Å². The Morgan fingerprint density at radius 1 is 1.07 bits per heavy atom. The second kappa shape index (κ2) is 8.88. The van der Waals surface area contributed by atoms with E-state index in [0.29, 0.717) is 17.3 Å². The van der Waals surface area contributed by atoms with E-state index in [2.05, 4.69) is 33.6 Å². The molecular weight excluding hydrogens is 398 g/mol. The van der Waals surface area contributed by atoms with Gasteiger partial charge in [-0.25, -0.2) is 4.68 Å². The van der Waals surface area contributed by atoms with Gasteiger partial charge < -0.3 is 5.32 Å². The van der Waals surface area contributed by atoms with Crippen molar-refractivity contribution in [2.24, 2.45) is 0 Å². The van der Waals surface area contributed by atoms with Crippen molar-refractivity contribution in [1.82, 2.24) is 25.3 Å². The van der Waals surface area contributed by atoms with Gasteiger partial charge in [0.15, 0.2) is 5.69 Å². The van der Waals surface area contributed by atoms with Gasteiger partial charge in [-0.1, -0.05) is 54.1 Å². The predicted molar refractivity (Wildman–Crippen MR) is 117 cm³/mol. The lowest BCUT2D eigenvalue weighted by Gasteiger charge is -2.10. The van der Waals surface area contributed by atoms with E-state index in [1.807, 2.05) is 48.5 Å². The first-order chi connectivity index (χ1) is 14.7. The van der Waals surface area contributed by atoms with Crippen molar-refractivity contribution in [3.8, 4) is 16.9 Å². The molecule has 6 nitrogen and oxygen atoms in total. The Labute approximate surface area is 179 Å². The highest BCUT2D eigenvalue weighted by atomic mass is 35.5. The number of carbonyl (C=O) groups excluding carboxylic acids is 1. The summed E-state index contributed by atoms with van der Waals surface area (Å²) in [7, 11) is 0. The van der Waals surface area contributed by atoms with E-state index in [9.17, 15) is 4.79 Å². The second-order valence-electron chi connectivity index (χ2n) is 6.73. The number of nitrogens with one attached hydrogen (secondary N) is 1. The van der Waals surface area contributed by atoms with Gasteiger partial charge in [0.05, 0.1) is 5.69 Å². The van der Waals surface area contributed by atoms with Crippen LogP contribution in [0.3, 0.4) is 0 Å². The Balaban J connectivity index is 1.72. The fraction of sp³-hybridized carbons (Fsp3) is 0.130. The van der Waals surface area contributed by atoms with Crippen molar-refractivity contribution in [2.45, 2.75) is 19.9 Å². The summed E-state index contributed by atoms with van der Waals surface area (Å²) in [6.45, 7) is 2.39. The molecule has 0 saturated carbocycles. The molecule has 0 saturated heterocycles. The topological polar surface area (TPSA) is 72.7 Å². The van der Waals surface area contributed by atoms with Crippen LogP contribution in [0.2, 0.25) is 5.02 Å². The third-order valence-electron chi connectivity index (χ3n) is 4.80. The minimum atomic E-state index is -0.320. The zero-order valence-electron chi connectivity index (χ0n) is 16.4. The fourth-order valence-corrected chi connectivity index (χ4v) is 3.40. The lowest BCUT2D eigenvalue weighted by Crippen LogP contribution is -2.24. The number of hydrogen-bond donors (Lipinski definition) is 1. The van der Waals surface area contributed by atoms with E-state index in [-0.39, 0.29) is 11.6 Å². The molecular formula is C23H20ClN5O. The van der Waals surface area contributed by atoms with Gasteiger partial charge in [-0.05, 0) is 47.9 Å². The van der Waals surface area contributed by atoms with E-state index >= 15 is 0 Å². The van der Waals surface area contributed by atoms with E-state index in [4.69, 9.17) is 11.6 Å². The summed E-state index contributed by atoms with van der Waals surface area (Å²) in [5, 5.41) is 12.0. The number of benzene rings is 2. The highest BCUT2D eigenvalue weighted by Gasteiger charge is 2.22. The van der Waals surface area contributed by atoms with E-state index < -0.39 is 0 Å². The number of hydrogen-bond acceptors (Lipinski definition) is 4. The van der Waals surface area contributed by atoms with Crippen LogP contribution in [0.5, 0.6) is 0 Å². The lowest BCUT2D eigenvalue weighted by atomic mass is 10.1. The molecule has 0 aliphatic carbocycles. The van der Waals surface area contributed by atoms with Crippen LogP contribution in [0.4, 0.5) is 0 Å². The molecule has 0 aliphatic heterocycles. The Hall–Kier alpha value is -3.51. The summed E-state index contributed by atoms with van der Waals surface area (Å²) in [4.78, 5) is 17.1. The molecule has 0 unspecified atom stereocenters. The number of carbonyl (C=O) groups is 1. The van der Waals surface area contributed by atoms with Crippen LogP contribution in [-0.2, 0) is 13.0 Å². The van der Waals surface area contributed by atoms with E-state index in [1.54, 1.807) is 23.1 Å². The van der Waals surface area contributed by atoms with Crippen LogP contribution in [0.1, 0.15) is 28.5 Å². The molecule has 0 aliphatic rings. The highest BCUT2D eigenvalue weighted by Crippen LogP contribution is 2.25. The Bertz CT molecular complexity index is 1170. The maximum absolute atomic E-state index is 13.0. The number of nitrogens with zero attached hydrogens (tertiary/aromatic N) is 4. The Kier molecular flexibility index (Phi) is 5.86. The van der Waals surface area contributed by atoms with E-state index in [1.165, 1.54) is 5.56 Å². The number of aryl methyl sites for hydroxylation is 1. The van der Waals surface area contributed by atoms with Crippen molar-refractivity contribution in [3.05, 3.63) is 94.9 Å². The fourth-order valence-electron chi connectivity index (χ4n) is 3.19. The SMILES string of the molecule is CCc1cccc(-n2nnc(C(=O)NCc3ccccc3Cl)c2-c2ccncc2)c1. The van der Waals surface area contributed by atoms with Gasteiger partial charge in [-0.3, -0.25) is 9.78 Å². The third-order valence-corrected chi connectivity index (χ3v) is 5.17. The minimum absolute atomic E-state index is 0.246. The third kappa shape index (κ3) is 4.09. The van der Waals surface area contributed by atoms with Crippen LogP contribution in [0.15, 0.2) is 73.1 Å². The molecule has 0 fully saturated rings. The summed E-state index contributed by atoms with van der Waals surface area (Å²) < 4.78 is 1.69. The normalized spacial score (nSPS) is 10.7. The van der Waals surface area contributed by atoms with Crippen molar-refractivity contribution < 1.29 is 4.79 Å². The van der Waals surface area contributed by atoms with Gasteiger partial charge in [0, 0.05) is 29.5 Å². The highest BCUT2D eigenvalue weighted by molar-refractivity contribution is 6.31. The maximum Gasteiger partial charge on any atom is 0.274 e. The molecule has 1 N–H and O–H groups in total. The van der Waals surface area contributed by atoms with Crippen LogP contribution in [0.25, 0.3) is 16.9 Å². The van der Waals surface area contributed by atoms with Gasteiger partial charge in [-0.2, -0.15) is 0 Å². The first-order valence-corrected chi connectivity index (χ1v) is 10.0. The zero-order chi connectivity index (χ0) is 20.9. The Morgan fingerprint density at radius 3 is 2.63 bits per heavy atom. The van der Waals surface area contributed by atoms with Crippen LogP contribution in [0, 0.1) is 0 Å². The molecule has 2 aromatic carbocycles. The number of halogens is 1. The molecule has 4 aromatic rings. The molecule has 0 bridgehead atoms. The first-order valence-electron chi connectivity index (χ1n) is 9.64. The molecule has 1 amide bonds. The Morgan fingerprint density at radius 2 is 1.87 bits per heavy atom. The zero-order valence-corrected chi connectivity index (χ0v) is 17.2. The van der Waals surface area contributed by atoms with Gasteiger partial charge >= 0.3 is 0 Å². The van der Waals surface area contributed by atoms with Crippen molar-refractivity contribution in [3.63, 3.8) is 0 Å². The van der Waals surface area contributed by atoms with Crippen LogP contribution < -0.4 is 5.32 Å². The second-order valence-corrected chi connectivity index (χ2v) is 7.14. The quantitative estimate of drug-likeness (QED) is 0.502. The number of amides is 1. The molecule has 30 heavy (non-hydrogen) atoms. The average Bonchev–Trinajstić information content (AvgIpc) is 3.24. The first kappa shape index (κ1) is 19.8. The van der Waals surface area contributed by atoms with Gasteiger partial charge in [-0.15, -0.1) is 5.10 Å². The monoisotopic (exact) mass is 417 g/mol. The summed E-state index contributed by atoms with van der Waals surface area (Å²) in [5.74, 6) is -0.320. The van der Waals surface area contributed by atoms with E-state index in [0.717, 1.165) is 23.2 Å². The average molecular weight is 418 g/mol. The summed E-state index contributed by atoms with van der Waals surface area (Å²) in [6, 6.07) is 19.1. The van der Waals surface area contributed by atoms with Crippen LogP contribution in [-0.4, -0.2) is 25.9 Å². The predicted octanol–water partition coefficient (Wildman–Crippen LogP) is 4.48. The maximum atomic E-state index is 13.0. The molecule has 7 heteroatoms. The smallest absolute Gasteiger partial charge is 0.274 e. The molecule has 0 spiro atoms. The molecule has 0 radical (unpaired) electrons. The van der Waals surface area contributed by atoms with Crippen LogP contribution >= 0.6 is 11.6 Å². The molecule has 2 heterocycles. The van der Waals surface area contributed by atoms with Crippen molar-refractivity contribution in [1.29, 1.82) is 0 Å². The number of rotatable bonds is 6. The molecule has 2 aromatic heterocycles. The van der Waals surface area contributed by atoms with Gasteiger partial charge in [0.1, 0.15) is 5.69 Å². The summed E-state index contributed by atoms with van der Waals surface area (Å²) in [6.07, 6.45) is 4.26. The summed E-state index contributed by atoms with van der Waals surface area (Å²) >= 11 is 6.20. The molecule has 150 valence electrons. The number of aromatic nitrogens is 4. The molecule has 4 rings (SSSR count). The number of pyridine rings is 1. The largest absolute Gasteiger partial charge is 0.346 e. The standard InChI is InChI=1S/C23H20ClN5O/c1-2-16-6-5-8-19(14-16)29-22(17-10-12-25-13-11-17)21(27-28-29)23(30)26-15-18-7-3-4-9-20(18)24/h3-14H,2,15H2,1H3,(H,26,30). The van der Waals surface area contributed by atoms with Gasteiger partial charge in [0.2, 0.25) is 0 Å². The van der Waals surface area contributed by atoms with Crippen molar-refractivity contribution in [2.75, 3.05) is 0 Å². The van der Waals surface area contributed by atoms with Gasteiger partial charge in [0.25, 0.3) is 5.91 Å². The molecule has 0 atom stereocenters. The lowest BCUT2D eigenvalue weighted by molar-refractivity contribution is 0.0946.